The van der Waals surface area contributed by atoms with Gasteiger partial charge in [-0.05, 0) is 19.4 Å². The Kier molecular flexibility index (Phi) is 3.88. The number of halogens is 1. The minimum atomic E-state index is 0.275. The number of hydrogen-bond donors (Lipinski definition) is 1. The molecule has 0 radical (unpaired) electrons. The van der Waals surface area contributed by atoms with E-state index in [4.69, 9.17) is 16.3 Å². The van der Waals surface area contributed by atoms with E-state index in [1.165, 1.54) is 6.42 Å². The molecule has 82 valence electrons. The van der Waals surface area contributed by atoms with Gasteiger partial charge in [-0.15, -0.1) is 0 Å². The molecule has 15 heavy (non-hydrogen) atoms. The summed E-state index contributed by atoms with van der Waals surface area (Å²) in [6, 6.07) is 0. The predicted octanol–water partition coefficient (Wildman–Crippen LogP) is 1.40. The average Bonchev–Trinajstić information content (AvgIpc) is 2.29. The zero-order valence-corrected chi connectivity index (χ0v) is 9.20. The van der Waals surface area contributed by atoms with Crippen molar-refractivity contribution in [2.45, 2.75) is 25.6 Å². The molecule has 1 fully saturated rings. The number of aromatic nitrogens is 2. The van der Waals surface area contributed by atoms with Crippen molar-refractivity contribution in [2.75, 3.05) is 13.1 Å². The molecule has 2 heterocycles. The largest absolute Gasteiger partial charge is 0.370 e. The summed E-state index contributed by atoms with van der Waals surface area (Å²) in [5.74, 6) is 0. The molecule has 1 aromatic rings. The first-order chi connectivity index (χ1) is 7.36. The van der Waals surface area contributed by atoms with E-state index in [9.17, 15) is 0 Å². The fourth-order valence-corrected chi connectivity index (χ4v) is 1.77. The predicted molar refractivity (Wildman–Crippen MR) is 57.7 cm³/mol. The molecular formula is C10H14ClN3O. The normalized spacial score (nSPS) is 21.5. The Morgan fingerprint density at radius 1 is 1.47 bits per heavy atom. The SMILES string of the molecule is Clc1nccnc1COC1CCCNC1. The van der Waals surface area contributed by atoms with Crippen LogP contribution in [0.15, 0.2) is 12.4 Å². The van der Waals surface area contributed by atoms with Crippen molar-refractivity contribution in [3.63, 3.8) is 0 Å². The van der Waals surface area contributed by atoms with Gasteiger partial charge in [0.05, 0.1) is 12.7 Å². The number of nitrogens with zero attached hydrogens (tertiary/aromatic N) is 2. The molecule has 1 N–H and O–H groups in total. The highest BCUT2D eigenvalue weighted by Gasteiger charge is 2.14. The molecular weight excluding hydrogens is 214 g/mol. The van der Waals surface area contributed by atoms with E-state index in [1.54, 1.807) is 12.4 Å². The van der Waals surface area contributed by atoms with Crippen molar-refractivity contribution in [2.24, 2.45) is 0 Å². The molecule has 4 nitrogen and oxygen atoms in total. The number of ether oxygens (including phenoxy) is 1. The van der Waals surface area contributed by atoms with Crippen LogP contribution in [0.2, 0.25) is 5.15 Å². The maximum Gasteiger partial charge on any atom is 0.152 e. The molecule has 1 aliphatic heterocycles. The summed E-state index contributed by atoms with van der Waals surface area (Å²) in [4.78, 5) is 8.07. The molecule has 1 atom stereocenters. The van der Waals surface area contributed by atoms with Crippen LogP contribution in [0.4, 0.5) is 0 Å². The second-order valence-corrected chi connectivity index (χ2v) is 3.93. The summed E-state index contributed by atoms with van der Waals surface area (Å²) in [5, 5.41) is 3.72. The van der Waals surface area contributed by atoms with E-state index in [0.717, 1.165) is 19.5 Å². The first kappa shape index (κ1) is 10.8. The molecule has 0 spiro atoms. The number of piperidine rings is 1. The highest BCUT2D eigenvalue weighted by Crippen LogP contribution is 2.13. The summed E-state index contributed by atoms with van der Waals surface area (Å²) >= 11 is 5.87. The van der Waals surface area contributed by atoms with Crippen molar-refractivity contribution in [1.29, 1.82) is 0 Å². The molecule has 0 aromatic carbocycles. The van der Waals surface area contributed by atoms with Crippen molar-refractivity contribution >= 4 is 11.6 Å². The lowest BCUT2D eigenvalue weighted by atomic mass is 10.1. The summed E-state index contributed by atoms with van der Waals surface area (Å²) in [6.45, 7) is 2.45. The minimum Gasteiger partial charge on any atom is -0.370 e. The van der Waals surface area contributed by atoms with Gasteiger partial charge in [0.2, 0.25) is 0 Å². The van der Waals surface area contributed by atoms with Crippen LogP contribution in [-0.4, -0.2) is 29.2 Å². The van der Waals surface area contributed by atoms with Crippen LogP contribution in [0, 0.1) is 0 Å². The van der Waals surface area contributed by atoms with Crippen LogP contribution >= 0.6 is 11.6 Å². The van der Waals surface area contributed by atoms with Crippen LogP contribution in [-0.2, 0) is 11.3 Å². The Morgan fingerprint density at radius 3 is 3.07 bits per heavy atom. The van der Waals surface area contributed by atoms with Gasteiger partial charge in [-0.3, -0.25) is 4.98 Å². The Labute approximate surface area is 94.0 Å². The first-order valence-corrected chi connectivity index (χ1v) is 5.52. The van der Waals surface area contributed by atoms with E-state index in [2.05, 4.69) is 15.3 Å². The maximum atomic E-state index is 5.87. The molecule has 2 rings (SSSR count). The molecule has 5 heteroatoms. The van der Waals surface area contributed by atoms with Gasteiger partial charge < -0.3 is 10.1 Å². The van der Waals surface area contributed by atoms with Gasteiger partial charge in [-0.1, -0.05) is 11.6 Å². The third-order valence-corrected chi connectivity index (χ3v) is 2.75. The summed E-state index contributed by atoms with van der Waals surface area (Å²) in [6.07, 6.45) is 5.75. The molecule has 0 aliphatic carbocycles. The number of rotatable bonds is 3. The van der Waals surface area contributed by atoms with Gasteiger partial charge in [0.15, 0.2) is 5.15 Å². The third kappa shape index (κ3) is 3.12. The Balaban J connectivity index is 1.84. The Hall–Kier alpha value is -0.710. The van der Waals surface area contributed by atoms with Gasteiger partial charge in [-0.2, -0.15) is 0 Å². The zero-order chi connectivity index (χ0) is 10.5. The quantitative estimate of drug-likeness (QED) is 0.848. The van der Waals surface area contributed by atoms with Gasteiger partial charge in [0, 0.05) is 18.9 Å². The van der Waals surface area contributed by atoms with Crippen molar-refractivity contribution < 1.29 is 4.74 Å². The van der Waals surface area contributed by atoms with Crippen LogP contribution in [0.3, 0.4) is 0 Å². The summed E-state index contributed by atoms with van der Waals surface area (Å²) in [7, 11) is 0. The van der Waals surface area contributed by atoms with E-state index in [0.29, 0.717) is 17.5 Å². The van der Waals surface area contributed by atoms with Gasteiger partial charge in [0.25, 0.3) is 0 Å². The minimum absolute atomic E-state index is 0.275. The van der Waals surface area contributed by atoms with Gasteiger partial charge in [-0.25, -0.2) is 4.98 Å². The van der Waals surface area contributed by atoms with Crippen LogP contribution in [0.25, 0.3) is 0 Å². The van der Waals surface area contributed by atoms with Gasteiger partial charge in [0.1, 0.15) is 5.69 Å². The summed E-state index contributed by atoms with van der Waals surface area (Å²) in [5.41, 5.74) is 0.713. The second-order valence-electron chi connectivity index (χ2n) is 3.57. The van der Waals surface area contributed by atoms with Crippen LogP contribution in [0.5, 0.6) is 0 Å². The average molecular weight is 228 g/mol. The van der Waals surface area contributed by atoms with E-state index in [1.807, 2.05) is 0 Å². The summed E-state index contributed by atoms with van der Waals surface area (Å²) < 4.78 is 5.70. The highest BCUT2D eigenvalue weighted by molar-refractivity contribution is 6.29. The monoisotopic (exact) mass is 227 g/mol. The van der Waals surface area contributed by atoms with Crippen LogP contribution in [0.1, 0.15) is 18.5 Å². The molecule has 1 aliphatic rings. The highest BCUT2D eigenvalue weighted by atomic mass is 35.5. The lowest BCUT2D eigenvalue weighted by Gasteiger charge is -2.22. The zero-order valence-electron chi connectivity index (χ0n) is 8.45. The molecule has 1 unspecified atom stereocenters. The second kappa shape index (κ2) is 5.39. The first-order valence-electron chi connectivity index (χ1n) is 5.14. The van der Waals surface area contributed by atoms with Crippen LogP contribution < -0.4 is 5.32 Å². The molecule has 0 bridgehead atoms. The fourth-order valence-electron chi connectivity index (χ4n) is 1.61. The number of hydrogen-bond acceptors (Lipinski definition) is 4. The lowest BCUT2D eigenvalue weighted by molar-refractivity contribution is 0.0235. The number of nitrogens with one attached hydrogen (secondary N) is 1. The Bertz CT molecular complexity index is 315. The fraction of sp³-hybridized carbons (Fsp3) is 0.600. The topological polar surface area (TPSA) is 47.0 Å². The van der Waals surface area contributed by atoms with Gasteiger partial charge >= 0.3 is 0 Å². The van der Waals surface area contributed by atoms with Crippen molar-refractivity contribution in [3.8, 4) is 0 Å². The Morgan fingerprint density at radius 2 is 2.33 bits per heavy atom. The van der Waals surface area contributed by atoms with Crippen molar-refractivity contribution in [3.05, 3.63) is 23.2 Å². The molecule has 1 saturated heterocycles. The van der Waals surface area contributed by atoms with E-state index < -0.39 is 0 Å². The van der Waals surface area contributed by atoms with E-state index >= 15 is 0 Å². The third-order valence-electron chi connectivity index (χ3n) is 2.43. The smallest absolute Gasteiger partial charge is 0.152 e. The molecule has 0 amide bonds. The standard InChI is InChI=1S/C10H14ClN3O/c11-10-9(13-4-5-14-10)7-15-8-2-1-3-12-6-8/h4-5,8,12H,1-3,6-7H2. The molecule has 1 aromatic heterocycles. The van der Waals surface area contributed by atoms with E-state index in [-0.39, 0.29) is 6.10 Å². The maximum absolute atomic E-state index is 5.87. The molecule has 0 saturated carbocycles. The van der Waals surface area contributed by atoms with Crippen molar-refractivity contribution in [1.82, 2.24) is 15.3 Å². The lowest BCUT2D eigenvalue weighted by Crippen LogP contribution is -2.35.